The predicted molar refractivity (Wildman–Crippen MR) is 210 cm³/mol. The van der Waals surface area contributed by atoms with Crippen LogP contribution in [0.4, 0.5) is 0 Å². The number of carbonyl (C=O) groups is 2. The Balaban J connectivity index is 4.32. The van der Waals surface area contributed by atoms with Gasteiger partial charge in [-0.05, 0) is 57.8 Å². The van der Waals surface area contributed by atoms with Crippen LogP contribution in [0, 0.1) is 0 Å². The second-order valence-corrected chi connectivity index (χ2v) is 15.5. The van der Waals surface area contributed by atoms with Gasteiger partial charge in [0.2, 0.25) is 0 Å². The summed E-state index contributed by atoms with van der Waals surface area (Å²) in [6.07, 6.45) is 35.7. The predicted octanol–water partition coefficient (Wildman–Crippen LogP) is 10.6. The number of aliphatic hydroxyl groups is 2. The first-order valence-electron chi connectivity index (χ1n) is 20.8. The fourth-order valence-corrected chi connectivity index (χ4v) is 6.35. The normalized spacial score (nSPS) is 14.2. The summed E-state index contributed by atoms with van der Waals surface area (Å²) in [5, 5.41) is 18.3. The summed E-state index contributed by atoms with van der Waals surface area (Å²) in [6, 6.07) is 0. The number of hydrogen-bond acceptors (Lipinski definition) is 9. The molecular formula is C41H77O10P. The summed E-state index contributed by atoms with van der Waals surface area (Å²) in [4.78, 5) is 34.9. The molecule has 0 spiro atoms. The Bertz CT molecular complexity index is 925. The van der Waals surface area contributed by atoms with Crippen LogP contribution in [0.3, 0.4) is 0 Å². The van der Waals surface area contributed by atoms with Gasteiger partial charge in [-0.2, -0.15) is 0 Å². The van der Waals surface area contributed by atoms with Gasteiger partial charge < -0.3 is 24.6 Å². The molecule has 0 rings (SSSR count). The van der Waals surface area contributed by atoms with Gasteiger partial charge in [-0.15, -0.1) is 0 Å². The van der Waals surface area contributed by atoms with Crippen molar-refractivity contribution in [1.29, 1.82) is 0 Å². The molecule has 1 unspecified atom stereocenters. The minimum atomic E-state index is -4.61. The highest BCUT2D eigenvalue weighted by molar-refractivity contribution is 7.47. The highest BCUT2D eigenvalue weighted by Crippen LogP contribution is 2.43. The fraction of sp³-hybridized carbons (Fsp3) is 0.854. The molecule has 306 valence electrons. The molecule has 10 nitrogen and oxygen atoms in total. The largest absolute Gasteiger partial charge is 0.472 e. The maximum absolute atomic E-state index is 12.6. The molecule has 0 saturated heterocycles. The molecule has 0 radical (unpaired) electrons. The molecule has 0 bridgehead atoms. The first-order valence-corrected chi connectivity index (χ1v) is 22.3. The van der Waals surface area contributed by atoms with E-state index in [4.69, 9.17) is 19.1 Å². The highest BCUT2D eigenvalue weighted by atomic mass is 31.2. The van der Waals surface area contributed by atoms with Gasteiger partial charge in [-0.25, -0.2) is 4.57 Å². The van der Waals surface area contributed by atoms with Gasteiger partial charge in [-0.1, -0.05) is 141 Å². The topological polar surface area (TPSA) is 149 Å². The van der Waals surface area contributed by atoms with E-state index < -0.39 is 51.8 Å². The number of rotatable bonds is 39. The van der Waals surface area contributed by atoms with Gasteiger partial charge in [0.15, 0.2) is 6.10 Å². The average molecular weight is 761 g/mol. The van der Waals surface area contributed by atoms with E-state index >= 15 is 0 Å². The third kappa shape index (κ3) is 36.8. The van der Waals surface area contributed by atoms with Crippen molar-refractivity contribution in [2.75, 3.05) is 26.4 Å². The van der Waals surface area contributed by atoms with Crippen molar-refractivity contribution in [3.8, 4) is 0 Å². The van der Waals surface area contributed by atoms with Crippen LogP contribution >= 0.6 is 7.82 Å². The fourth-order valence-electron chi connectivity index (χ4n) is 5.56. The van der Waals surface area contributed by atoms with Crippen molar-refractivity contribution in [2.24, 2.45) is 0 Å². The summed E-state index contributed by atoms with van der Waals surface area (Å²) in [5.74, 6) is -0.934. The molecule has 0 aliphatic carbocycles. The van der Waals surface area contributed by atoms with E-state index in [0.29, 0.717) is 12.8 Å². The second-order valence-electron chi connectivity index (χ2n) is 14.0. The molecule has 0 aromatic rings. The van der Waals surface area contributed by atoms with Crippen LogP contribution in [0.5, 0.6) is 0 Å². The Morgan fingerprint density at radius 3 is 1.44 bits per heavy atom. The van der Waals surface area contributed by atoms with Gasteiger partial charge in [-0.3, -0.25) is 18.6 Å². The number of esters is 2. The standard InChI is InChI=1S/C41H77O10P/c1-3-5-7-9-11-13-15-17-19-21-23-25-27-29-31-33-41(45)51-39(37-50-52(46,47)49-35-38(43)34-42)36-48-40(44)32-30-28-26-24-22-20-18-16-14-12-10-8-6-4-2/h9,11,16,18,38-39,42-43H,3-8,10,12-15,17,19-37H2,1-2H3,(H,46,47)/b11-9+,18-16+/t38-,39+/m0/s1. The Labute approximate surface area is 317 Å². The Morgan fingerprint density at radius 2 is 0.962 bits per heavy atom. The monoisotopic (exact) mass is 761 g/mol. The van der Waals surface area contributed by atoms with Crippen molar-refractivity contribution in [3.05, 3.63) is 24.3 Å². The summed E-state index contributed by atoms with van der Waals surface area (Å²) in [6.45, 7) is 2.33. The Morgan fingerprint density at radius 1 is 0.558 bits per heavy atom. The SMILES string of the molecule is CCCC/C=C/CCCCCCCCCCCC(=O)O[C@H](COC(=O)CCCCCCC/C=C/CCCCCCC)COP(=O)(O)OC[C@@H](O)CO. The van der Waals surface area contributed by atoms with E-state index in [1.165, 1.54) is 89.9 Å². The molecule has 0 aromatic carbocycles. The van der Waals surface area contributed by atoms with E-state index in [1.54, 1.807) is 0 Å². The van der Waals surface area contributed by atoms with Gasteiger partial charge >= 0.3 is 19.8 Å². The molecule has 11 heteroatoms. The maximum atomic E-state index is 12.6. The molecule has 52 heavy (non-hydrogen) atoms. The molecule has 0 amide bonds. The smallest absolute Gasteiger partial charge is 0.462 e. The van der Waals surface area contributed by atoms with Crippen LogP contribution in [0.2, 0.25) is 0 Å². The zero-order chi connectivity index (χ0) is 38.4. The number of ether oxygens (including phenoxy) is 2. The maximum Gasteiger partial charge on any atom is 0.472 e. The highest BCUT2D eigenvalue weighted by Gasteiger charge is 2.27. The average Bonchev–Trinajstić information content (AvgIpc) is 3.13. The van der Waals surface area contributed by atoms with Crippen molar-refractivity contribution in [2.45, 2.75) is 199 Å². The zero-order valence-corrected chi connectivity index (χ0v) is 33.9. The zero-order valence-electron chi connectivity index (χ0n) is 33.0. The van der Waals surface area contributed by atoms with Gasteiger partial charge in [0, 0.05) is 12.8 Å². The van der Waals surface area contributed by atoms with Crippen LogP contribution in [0.25, 0.3) is 0 Å². The van der Waals surface area contributed by atoms with E-state index in [2.05, 4.69) is 42.7 Å². The van der Waals surface area contributed by atoms with E-state index in [9.17, 15) is 24.2 Å². The lowest BCUT2D eigenvalue weighted by Crippen LogP contribution is -2.29. The van der Waals surface area contributed by atoms with Gasteiger partial charge in [0.1, 0.15) is 12.7 Å². The van der Waals surface area contributed by atoms with Crippen molar-refractivity contribution >= 4 is 19.8 Å². The van der Waals surface area contributed by atoms with Crippen molar-refractivity contribution in [1.82, 2.24) is 0 Å². The molecule has 3 N–H and O–H groups in total. The molecule has 0 aliphatic heterocycles. The third-order valence-corrected chi connectivity index (χ3v) is 9.78. The molecule has 0 aromatic heterocycles. The number of unbranched alkanes of at least 4 members (excludes halogenated alkanes) is 21. The summed E-state index contributed by atoms with van der Waals surface area (Å²) >= 11 is 0. The summed E-state index contributed by atoms with van der Waals surface area (Å²) < 4.78 is 32.7. The molecular weight excluding hydrogens is 683 g/mol. The molecule has 0 heterocycles. The number of phosphoric acid groups is 1. The van der Waals surface area contributed by atoms with E-state index in [-0.39, 0.29) is 19.4 Å². The molecule has 0 saturated carbocycles. The minimum absolute atomic E-state index is 0.182. The first-order chi connectivity index (χ1) is 25.2. The van der Waals surface area contributed by atoms with Crippen LogP contribution in [-0.4, -0.2) is 65.7 Å². The van der Waals surface area contributed by atoms with Crippen LogP contribution in [0.1, 0.15) is 187 Å². The van der Waals surface area contributed by atoms with Crippen molar-refractivity contribution in [3.63, 3.8) is 0 Å². The lowest BCUT2D eigenvalue weighted by molar-refractivity contribution is -0.161. The van der Waals surface area contributed by atoms with Gasteiger partial charge in [0.05, 0.1) is 19.8 Å². The van der Waals surface area contributed by atoms with Crippen molar-refractivity contribution < 1.29 is 47.8 Å². The first kappa shape index (κ1) is 50.5. The second kappa shape index (κ2) is 37.8. The number of carbonyl (C=O) groups excluding carboxylic acids is 2. The lowest BCUT2D eigenvalue weighted by Gasteiger charge is -2.20. The van der Waals surface area contributed by atoms with Crippen LogP contribution in [0.15, 0.2) is 24.3 Å². The van der Waals surface area contributed by atoms with E-state index in [1.807, 2.05) is 0 Å². The summed E-state index contributed by atoms with van der Waals surface area (Å²) in [7, 11) is -4.61. The quantitative estimate of drug-likeness (QED) is 0.0239. The van der Waals surface area contributed by atoms with Crippen LogP contribution in [-0.2, 0) is 32.7 Å². The molecule has 0 fully saturated rings. The Hall–Kier alpha value is -1.55. The van der Waals surface area contributed by atoms with Crippen LogP contribution < -0.4 is 0 Å². The minimum Gasteiger partial charge on any atom is -0.462 e. The number of aliphatic hydroxyl groups excluding tert-OH is 2. The number of allylic oxidation sites excluding steroid dienone is 4. The summed E-state index contributed by atoms with van der Waals surface area (Å²) in [5.41, 5.74) is 0. The third-order valence-electron chi connectivity index (χ3n) is 8.83. The molecule has 0 aliphatic rings. The number of phosphoric ester groups is 1. The van der Waals surface area contributed by atoms with Gasteiger partial charge in [0.25, 0.3) is 0 Å². The lowest BCUT2D eigenvalue weighted by atomic mass is 10.1. The number of hydrogen-bond donors (Lipinski definition) is 3. The molecule has 3 atom stereocenters. The van der Waals surface area contributed by atoms with E-state index in [0.717, 1.165) is 57.8 Å². The Kier molecular flexibility index (Phi) is 36.6.